The van der Waals surface area contributed by atoms with E-state index in [4.69, 9.17) is 21.1 Å². The maximum Gasteiger partial charge on any atom is 0.230 e. The second-order valence-corrected chi connectivity index (χ2v) is 11.2. The van der Waals surface area contributed by atoms with Crippen LogP contribution in [0.1, 0.15) is 12.0 Å². The van der Waals surface area contributed by atoms with Gasteiger partial charge in [-0.05, 0) is 42.0 Å². The highest BCUT2D eigenvalue weighted by Gasteiger charge is 2.25. The Morgan fingerprint density at radius 3 is 2.29 bits per heavy atom. The molecule has 4 rings (SSSR count). The fourth-order valence-electron chi connectivity index (χ4n) is 3.53. The van der Waals surface area contributed by atoms with Gasteiger partial charge < -0.3 is 9.47 Å². The predicted octanol–water partition coefficient (Wildman–Crippen LogP) is 5.36. The van der Waals surface area contributed by atoms with Crippen molar-refractivity contribution in [2.24, 2.45) is 0 Å². The zero-order valence-electron chi connectivity index (χ0n) is 19.1. The minimum atomic E-state index is -3.67. The van der Waals surface area contributed by atoms with Crippen molar-refractivity contribution in [2.45, 2.75) is 17.9 Å². The van der Waals surface area contributed by atoms with Crippen LogP contribution in [0.4, 0.5) is 5.13 Å². The molecule has 7 nitrogen and oxygen atoms in total. The summed E-state index contributed by atoms with van der Waals surface area (Å²) in [6.45, 7) is 0.241. The van der Waals surface area contributed by atoms with E-state index in [-0.39, 0.29) is 29.5 Å². The molecule has 0 saturated carbocycles. The third-order valence-corrected chi connectivity index (χ3v) is 8.45. The molecular weight excluding hydrogens is 508 g/mol. The van der Waals surface area contributed by atoms with E-state index in [0.717, 1.165) is 10.3 Å². The number of carbonyl (C=O) groups is 1. The summed E-state index contributed by atoms with van der Waals surface area (Å²) in [4.78, 5) is 19.7. The molecule has 0 radical (unpaired) electrons. The van der Waals surface area contributed by atoms with E-state index in [1.54, 1.807) is 26.4 Å². The average Bonchev–Trinajstić information content (AvgIpc) is 3.31. The molecule has 4 aromatic rings. The van der Waals surface area contributed by atoms with Crippen LogP contribution in [0, 0.1) is 0 Å². The molecule has 1 aromatic heterocycles. The first kappa shape index (κ1) is 25.0. The fourth-order valence-corrected chi connectivity index (χ4v) is 5.98. The van der Waals surface area contributed by atoms with Gasteiger partial charge in [0.15, 0.2) is 15.0 Å². The second-order valence-electron chi connectivity index (χ2n) is 7.63. The third kappa shape index (κ3) is 5.58. The number of amides is 1. The zero-order chi connectivity index (χ0) is 25.0. The number of sulfone groups is 1. The highest BCUT2D eigenvalue weighted by Crippen LogP contribution is 2.40. The second kappa shape index (κ2) is 10.6. The SMILES string of the molecule is COc1ccc(OC)c2sc(N(Cc3ccccc3)C(=O)CCS(=O)(=O)c3ccc(Cl)cc3)nc12. The van der Waals surface area contributed by atoms with Crippen molar-refractivity contribution in [1.29, 1.82) is 0 Å². The Bertz CT molecular complexity index is 1400. The van der Waals surface area contributed by atoms with E-state index in [9.17, 15) is 13.2 Å². The lowest BCUT2D eigenvalue weighted by Gasteiger charge is -2.20. The van der Waals surface area contributed by atoms with Crippen LogP contribution in [-0.2, 0) is 21.2 Å². The molecule has 3 aromatic carbocycles. The van der Waals surface area contributed by atoms with Gasteiger partial charge in [-0.1, -0.05) is 53.3 Å². The van der Waals surface area contributed by atoms with Gasteiger partial charge in [-0.25, -0.2) is 13.4 Å². The van der Waals surface area contributed by atoms with Crippen LogP contribution < -0.4 is 14.4 Å². The molecule has 0 atom stereocenters. The number of rotatable bonds is 9. The maximum atomic E-state index is 13.4. The number of carbonyl (C=O) groups excluding carboxylic acids is 1. The van der Waals surface area contributed by atoms with E-state index in [0.29, 0.717) is 27.2 Å². The van der Waals surface area contributed by atoms with Gasteiger partial charge in [-0.3, -0.25) is 9.69 Å². The molecule has 0 N–H and O–H groups in total. The molecule has 10 heteroatoms. The van der Waals surface area contributed by atoms with Crippen LogP contribution in [0.15, 0.2) is 71.6 Å². The first-order valence-electron chi connectivity index (χ1n) is 10.7. The normalized spacial score (nSPS) is 11.4. The summed E-state index contributed by atoms with van der Waals surface area (Å²) < 4.78 is 37.3. The number of hydrogen-bond acceptors (Lipinski definition) is 7. The Morgan fingerprint density at radius 2 is 1.63 bits per heavy atom. The van der Waals surface area contributed by atoms with Crippen molar-refractivity contribution in [2.75, 3.05) is 24.9 Å². The molecule has 0 aliphatic heterocycles. The van der Waals surface area contributed by atoms with E-state index < -0.39 is 9.84 Å². The molecule has 1 amide bonds. The molecule has 182 valence electrons. The highest BCUT2D eigenvalue weighted by molar-refractivity contribution is 7.91. The number of methoxy groups -OCH3 is 2. The quantitative estimate of drug-likeness (QED) is 0.289. The molecular formula is C25H23ClN2O5S2. The van der Waals surface area contributed by atoms with Gasteiger partial charge >= 0.3 is 0 Å². The molecule has 0 fully saturated rings. The van der Waals surface area contributed by atoms with Crippen LogP contribution in [0.5, 0.6) is 11.5 Å². The van der Waals surface area contributed by atoms with Gasteiger partial charge in [0.05, 0.1) is 31.4 Å². The predicted molar refractivity (Wildman–Crippen MR) is 138 cm³/mol. The standard InChI is InChI=1S/C25H23ClN2O5S2/c1-32-20-12-13-21(33-2)24-23(20)27-25(34-24)28(16-17-6-4-3-5-7-17)22(29)14-15-35(30,31)19-10-8-18(26)9-11-19/h3-13H,14-16H2,1-2H3. The monoisotopic (exact) mass is 530 g/mol. The summed E-state index contributed by atoms with van der Waals surface area (Å²) in [5.74, 6) is 0.474. The summed E-state index contributed by atoms with van der Waals surface area (Å²) in [5.41, 5.74) is 1.46. The van der Waals surface area contributed by atoms with Crippen LogP contribution in [0.25, 0.3) is 10.2 Å². The Morgan fingerprint density at radius 1 is 0.971 bits per heavy atom. The first-order valence-corrected chi connectivity index (χ1v) is 13.5. The molecule has 0 unspecified atom stereocenters. The molecule has 0 bridgehead atoms. The molecule has 1 heterocycles. The number of hydrogen-bond donors (Lipinski definition) is 0. The summed E-state index contributed by atoms with van der Waals surface area (Å²) in [7, 11) is -0.555. The number of nitrogens with zero attached hydrogens (tertiary/aromatic N) is 2. The zero-order valence-corrected chi connectivity index (χ0v) is 21.5. The molecule has 35 heavy (non-hydrogen) atoms. The van der Waals surface area contributed by atoms with Crippen LogP contribution in [0.2, 0.25) is 5.02 Å². The van der Waals surface area contributed by atoms with E-state index >= 15 is 0 Å². The number of fused-ring (bicyclic) bond motifs is 1. The van der Waals surface area contributed by atoms with Gasteiger partial charge in [0.2, 0.25) is 5.91 Å². The minimum absolute atomic E-state index is 0.124. The fraction of sp³-hybridized carbons (Fsp3) is 0.200. The Hall–Kier alpha value is -3.14. The molecule has 0 saturated heterocycles. The maximum absolute atomic E-state index is 13.4. The summed E-state index contributed by atoms with van der Waals surface area (Å²) >= 11 is 7.16. The van der Waals surface area contributed by atoms with Crippen molar-refractivity contribution in [3.8, 4) is 11.5 Å². The number of ether oxygens (including phenoxy) is 2. The molecule has 0 aliphatic carbocycles. The minimum Gasteiger partial charge on any atom is -0.495 e. The van der Waals surface area contributed by atoms with E-state index in [1.165, 1.54) is 40.5 Å². The first-order chi connectivity index (χ1) is 16.8. The molecule has 0 spiro atoms. The lowest BCUT2D eigenvalue weighted by molar-refractivity contribution is -0.118. The van der Waals surface area contributed by atoms with Crippen molar-refractivity contribution in [1.82, 2.24) is 4.98 Å². The third-order valence-electron chi connectivity index (χ3n) is 5.37. The van der Waals surface area contributed by atoms with Gasteiger partial charge in [0, 0.05) is 11.4 Å². The van der Waals surface area contributed by atoms with Crippen LogP contribution in [0.3, 0.4) is 0 Å². The number of halogens is 1. The van der Waals surface area contributed by atoms with Crippen molar-refractivity contribution >= 4 is 54.0 Å². The summed E-state index contributed by atoms with van der Waals surface area (Å²) in [6, 6.07) is 18.9. The Balaban J connectivity index is 1.67. The van der Waals surface area contributed by atoms with Crippen LogP contribution >= 0.6 is 22.9 Å². The topological polar surface area (TPSA) is 85.8 Å². The number of aromatic nitrogens is 1. The number of thiazole rings is 1. The molecule has 0 aliphatic rings. The van der Waals surface area contributed by atoms with Crippen molar-refractivity contribution < 1.29 is 22.7 Å². The van der Waals surface area contributed by atoms with Crippen LogP contribution in [-0.4, -0.2) is 39.3 Å². The number of anilines is 1. The Kier molecular flexibility index (Phi) is 7.59. The van der Waals surface area contributed by atoms with Gasteiger partial charge in [0.1, 0.15) is 21.7 Å². The average molecular weight is 531 g/mol. The van der Waals surface area contributed by atoms with Crippen molar-refractivity contribution in [3.05, 3.63) is 77.3 Å². The summed E-state index contributed by atoms with van der Waals surface area (Å²) in [5, 5.41) is 0.872. The van der Waals surface area contributed by atoms with E-state index in [1.807, 2.05) is 30.3 Å². The van der Waals surface area contributed by atoms with Crippen molar-refractivity contribution in [3.63, 3.8) is 0 Å². The number of benzene rings is 3. The smallest absolute Gasteiger partial charge is 0.230 e. The lowest BCUT2D eigenvalue weighted by Crippen LogP contribution is -2.31. The van der Waals surface area contributed by atoms with Gasteiger partial charge in [-0.15, -0.1) is 0 Å². The van der Waals surface area contributed by atoms with E-state index in [2.05, 4.69) is 4.98 Å². The largest absolute Gasteiger partial charge is 0.495 e. The van der Waals surface area contributed by atoms with Gasteiger partial charge in [-0.2, -0.15) is 0 Å². The Labute approximate surface area is 212 Å². The van der Waals surface area contributed by atoms with Gasteiger partial charge in [0.25, 0.3) is 0 Å². The summed E-state index contributed by atoms with van der Waals surface area (Å²) in [6.07, 6.45) is -0.206. The highest BCUT2D eigenvalue weighted by atomic mass is 35.5. The lowest BCUT2D eigenvalue weighted by atomic mass is 10.2.